The summed E-state index contributed by atoms with van der Waals surface area (Å²) in [6, 6.07) is 1.42. The summed E-state index contributed by atoms with van der Waals surface area (Å²) in [6.45, 7) is 10.2. The molecule has 0 aromatic carbocycles. The highest BCUT2D eigenvalue weighted by molar-refractivity contribution is 5.81. The Morgan fingerprint density at radius 3 is 2.26 bits per heavy atom. The minimum Gasteiger partial charge on any atom is -0.462 e. The average Bonchev–Trinajstić information content (AvgIpc) is 2.89. The number of rotatable bonds is 3. The molecule has 0 amide bonds. The number of carbonyl (C=O) groups is 3. The fourth-order valence-corrected chi connectivity index (χ4v) is 6.25. The van der Waals surface area contributed by atoms with Crippen molar-refractivity contribution in [3.05, 3.63) is 33.4 Å². The maximum Gasteiger partial charge on any atom is 0.336 e. The number of hydrogen-bond acceptors (Lipinski definition) is 8. The number of fused-ring (bicyclic) bond motifs is 2. The van der Waals surface area contributed by atoms with E-state index in [1.807, 2.05) is 20.8 Å². The van der Waals surface area contributed by atoms with Crippen LogP contribution in [0, 0.1) is 11.3 Å². The van der Waals surface area contributed by atoms with Crippen molar-refractivity contribution >= 4 is 17.9 Å². The lowest BCUT2D eigenvalue weighted by Crippen LogP contribution is -2.58. The molecule has 0 radical (unpaired) electrons. The zero-order chi connectivity index (χ0) is 22.9. The molecule has 0 bridgehead atoms. The third-order valence-electron chi connectivity index (χ3n) is 7.09. The second kappa shape index (κ2) is 6.93. The van der Waals surface area contributed by atoms with Crippen LogP contribution < -0.4 is 5.63 Å². The maximum atomic E-state index is 13.1. The Morgan fingerprint density at radius 2 is 1.68 bits per heavy atom. The fourth-order valence-electron chi connectivity index (χ4n) is 6.25. The minimum absolute atomic E-state index is 0.169. The van der Waals surface area contributed by atoms with Gasteiger partial charge in [0.05, 0.1) is 5.41 Å². The molecule has 31 heavy (non-hydrogen) atoms. The van der Waals surface area contributed by atoms with Crippen LogP contribution in [-0.4, -0.2) is 30.1 Å². The number of hydrogen-bond donors (Lipinski definition) is 0. The first-order valence-electron chi connectivity index (χ1n) is 10.6. The van der Waals surface area contributed by atoms with Gasteiger partial charge in [0.1, 0.15) is 18.0 Å². The van der Waals surface area contributed by atoms with E-state index >= 15 is 0 Å². The zero-order valence-corrected chi connectivity index (χ0v) is 18.6. The second-order valence-electron chi connectivity index (χ2n) is 9.76. The van der Waals surface area contributed by atoms with Gasteiger partial charge in [-0.05, 0) is 18.9 Å². The van der Waals surface area contributed by atoms with Crippen LogP contribution in [-0.2, 0) is 34.0 Å². The lowest BCUT2D eigenvalue weighted by molar-refractivity contribution is -0.165. The van der Waals surface area contributed by atoms with Crippen molar-refractivity contribution in [2.24, 2.45) is 11.3 Å². The van der Waals surface area contributed by atoms with Gasteiger partial charge in [0.2, 0.25) is 0 Å². The molecular weight excluding hydrogens is 404 g/mol. The Morgan fingerprint density at radius 1 is 1.06 bits per heavy atom. The molecule has 2 fully saturated rings. The predicted octanol–water partition coefficient (Wildman–Crippen LogP) is 2.91. The lowest BCUT2D eigenvalue weighted by Gasteiger charge is -2.54. The lowest BCUT2D eigenvalue weighted by atomic mass is 9.49. The van der Waals surface area contributed by atoms with Crippen LogP contribution in [0.1, 0.15) is 83.3 Å². The van der Waals surface area contributed by atoms with Gasteiger partial charge in [-0.3, -0.25) is 14.4 Å². The fraction of sp³-hybridized carbons (Fsp3) is 0.652. The van der Waals surface area contributed by atoms with Crippen molar-refractivity contribution in [1.82, 2.24) is 0 Å². The summed E-state index contributed by atoms with van der Waals surface area (Å²) < 4.78 is 22.7. The average molecular weight is 432 g/mol. The van der Waals surface area contributed by atoms with Crippen molar-refractivity contribution in [3.63, 3.8) is 0 Å². The molecule has 3 aliphatic rings. The molecule has 8 nitrogen and oxygen atoms in total. The van der Waals surface area contributed by atoms with E-state index < -0.39 is 52.7 Å². The van der Waals surface area contributed by atoms with Crippen molar-refractivity contribution in [3.8, 4) is 0 Å². The van der Waals surface area contributed by atoms with Gasteiger partial charge in [0.25, 0.3) is 0 Å². The molecule has 1 saturated carbocycles. The molecule has 1 saturated heterocycles. The van der Waals surface area contributed by atoms with Crippen LogP contribution in [0.5, 0.6) is 0 Å². The van der Waals surface area contributed by atoms with E-state index in [1.54, 1.807) is 6.92 Å². The third kappa shape index (κ3) is 3.10. The van der Waals surface area contributed by atoms with Crippen LogP contribution in [0.4, 0.5) is 0 Å². The smallest absolute Gasteiger partial charge is 0.336 e. The normalized spacial score (nSPS) is 35.8. The van der Waals surface area contributed by atoms with Gasteiger partial charge < -0.3 is 18.6 Å². The summed E-state index contributed by atoms with van der Waals surface area (Å²) in [5.41, 5.74) is -0.946. The van der Waals surface area contributed by atoms with E-state index in [1.165, 1.54) is 19.9 Å². The molecule has 168 valence electrons. The first kappa shape index (κ1) is 21.6. The van der Waals surface area contributed by atoms with Gasteiger partial charge in [-0.15, -0.1) is 0 Å². The first-order chi connectivity index (χ1) is 14.4. The monoisotopic (exact) mass is 432 g/mol. The molecule has 1 aromatic rings. The van der Waals surface area contributed by atoms with E-state index in [0.717, 1.165) is 0 Å². The maximum absolute atomic E-state index is 13.1. The molecule has 2 aliphatic carbocycles. The van der Waals surface area contributed by atoms with Crippen molar-refractivity contribution in [2.45, 2.75) is 84.0 Å². The van der Waals surface area contributed by atoms with Crippen molar-refractivity contribution < 1.29 is 33.0 Å². The van der Waals surface area contributed by atoms with E-state index in [0.29, 0.717) is 29.7 Å². The highest BCUT2D eigenvalue weighted by Gasteiger charge is 2.70. The summed E-state index contributed by atoms with van der Waals surface area (Å²) in [6.07, 6.45) is -1.38. The first-order valence-corrected chi connectivity index (χ1v) is 10.6. The number of esters is 3. The standard InChI is InChI=1S/C23H28O8/c1-10(2)17-16-14(7-15(26)30-17)22(5)8-13(28-11(3)24)9-23(6)20(22)19(31-21(23)27)18(16)29-12(4)25/h7,10,13,18-20H,8-9H2,1-6H3/t13-,18-,19-,20-,22-,23+/m1/s1. The molecule has 0 spiro atoms. The Bertz CT molecular complexity index is 1020. The Kier molecular flexibility index (Phi) is 4.83. The Hall–Kier alpha value is -2.64. The highest BCUT2D eigenvalue weighted by atomic mass is 16.6. The van der Waals surface area contributed by atoms with Crippen molar-refractivity contribution in [1.29, 1.82) is 0 Å². The molecular formula is C23H28O8. The van der Waals surface area contributed by atoms with E-state index in [4.69, 9.17) is 18.6 Å². The van der Waals surface area contributed by atoms with Crippen LogP contribution in [0.3, 0.4) is 0 Å². The topological polar surface area (TPSA) is 109 Å². The van der Waals surface area contributed by atoms with Crippen LogP contribution in [0.2, 0.25) is 0 Å². The summed E-state index contributed by atoms with van der Waals surface area (Å²) in [4.78, 5) is 49.4. The number of ether oxygens (including phenoxy) is 3. The molecule has 1 aliphatic heterocycles. The number of carbonyl (C=O) groups excluding carboxylic acids is 3. The summed E-state index contributed by atoms with van der Waals surface area (Å²) >= 11 is 0. The Labute approximate surface area is 180 Å². The summed E-state index contributed by atoms with van der Waals surface area (Å²) in [5, 5.41) is 0. The van der Waals surface area contributed by atoms with Crippen LogP contribution >= 0.6 is 0 Å². The van der Waals surface area contributed by atoms with Crippen molar-refractivity contribution in [2.75, 3.05) is 0 Å². The predicted molar refractivity (Wildman–Crippen MR) is 107 cm³/mol. The van der Waals surface area contributed by atoms with Gasteiger partial charge in [0, 0.05) is 49.1 Å². The largest absolute Gasteiger partial charge is 0.462 e. The van der Waals surface area contributed by atoms with Gasteiger partial charge in [-0.25, -0.2) is 4.79 Å². The van der Waals surface area contributed by atoms with E-state index in [2.05, 4.69) is 0 Å². The molecule has 8 heteroatoms. The molecule has 1 aromatic heterocycles. The SMILES string of the molecule is CC(=O)O[C@H]1C[C@]2(C)C(=O)O[C@@H]3[C@H](OC(C)=O)c4c(cc(=O)oc4C(C)C)[C@@](C)(C1)[C@@H]32. The molecule has 2 heterocycles. The quantitative estimate of drug-likeness (QED) is 0.530. The molecule has 0 unspecified atom stereocenters. The van der Waals surface area contributed by atoms with Gasteiger partial charge in [-0.1, -0.05) is 20.8 Å². The van der Waals surface area contributed by atoms with Gasteiger partial charge in [0.15, 0.2) is 6.10 Å². The summed E-state index contributed by atoms with van der Waals surface area (Å²) in [5.74, 6) is -1.48. The zero-order valence-electron chi connectivity index (χ0n) is 18.6. The molecule has 4 rings (SSSR count). The van der Waals surface area contributed by atoms with E-state index in [-0.39, 0.29) is 11.8 Å². The molecule has 6 atom stereocenters. The van der Waals surface area contributed by atoms with Crippen LogP contribution in [0.15, 0.2) is 15.3 Å². The molecule has 0 N–H and O–H groups in total. The van der Waals surface area contributed by atoms with Gasteiger partial charge in [-0.2, -0.15) is 0 Å². The third-order valence-corrected chi connectivity index (χ3v) is 7.09. The highest BCUT2D eigenvalue weighted by Crippen LogP contribution is 2.64. The van der Waals surface area contributed by atoms with Gasteiger partial charge >= 0.3 is 23.5 Å². The summed E-state index contributed by atoms with van der Waals surface area (Å²) in [7, 11) is 0. The van der Waals surface area contributed by atoms with E-state index in [9.17, 15) is 19.2 Å². The Balaban J connectivity index is 2.01. The minimum atomic E-state index is -0.956. The van der Waals surface area contributed by atoms with Crippen LogP contribution in [0.25, 0.3) is 0 Å². The second-order valence-corrected chi connectivity index (χ2v) is 9.76.